The quantitative estimate of drug-likeness (QED) is 0.798. The Hall–Kier alpha value is -1.41. The molecule has 0 aliphatic carbocycles. The van der Waals surface area contributed by atoms with Gasteiger partial charge in [0.25, 0.3) is 0 Å². The monoisotopic (exact) mass is 289 g/mol. The zero-order valence-corrected chi connectivity index (χ0v) is 12.9. The normalized spacial score (nSPS) is 12.4. The molecular weight excluding hydrogens is 269 g/mol. The minimum Gasteiger partial charge on any atom is -0.388 e. The third-order valence-corrected chi connectivity index (χ3v) is 4.93. The fourth-order valence-corrected chi connectivity index (χ4v) is 3.74. The number of hydrogen-bond acceptors (Lipinski definition) is 3. The molecule has 0 saturated heterocycles. The molecule has 0 aliphatic heterocycles. The van der Waals surface area contributed by atoms with Crippen molar-refractivity contribution in [3.63, 3.8) is 0 Å². The molecule has 0 spiro atoms. The summed E-state index contributed by atoms with van der Waals surface area (Å²) in [6, 6.07) is 18.6. The Morgan fingerprint density at radius 2 is 1.50 bits per heavy atom. The van der Waals surface area contributed by atoms with Crippen molar-refractivity contribution in [1.82, 2.24) is 0 Å². The fourth-order valence-electron chi connectivity index (χ4n) is 2.30. The average Bonchev–Trinajstić information content (AvgIpc) is 2.53. The smallest absolute Gasteiger partial charge is 0.182 e. The molecule has 1 atom stereocenters. The highest BCUT2D eigenvalue weighted by Crippen LogP contribution is 2.56. The lowest BCUT2D eigenvalue weighted by Gasteiger charge is -2.26. The second-order valence-corrected chi connectivity index (χ2v) is 6.12. The molecule has 2 aromatic rings. The number of para-hydroxylation sites is 1. The van der Waals surface area contributed by atoms with Crippen LogP contribution in [-0.2, 0) is 9.05 Å². The first-order chi connectivity index (χ1) is 9.81. The summed E-state index contributed by atoms with van der Waals surface area (Å²) in [5, 5.41) is 3.25. The summed E-state index contributed by atoms with van der Waals surface area (Å²) in [5.74, 6) is 0. The summed E-state index contributed by atoms with van der Waals surface area (Å²) in [4.78, 5) is 0. The van der Waals surface area contributed by atoms with Crippen LogP contribution in [0, 0.1) is 0 Å². The van der Waals surface area contributed by atoms with E-state index in [1.54, 1.807) is 14.2 Å². The van der Waals surface area contributed by atoms with Gasteiger partial charge in [-0.05, 0) is 17.2 Å². The van der Waals surface area contributed by atoms with Crippen molar-refractivity contribution in [1.29, 1.82) is 0 Å². The third-order valence-electron chi connectivity index (χ3n) is 3.21. The van der Waals surface area contributed by atoms with E-state index < -0.39 is 8.38 Å². The Morgan fingerprint density at radius 3 is 2.10 bits per heavy atom. The molecule has 1 N–H and O–H groups in total. The largest absolute Gasteiger partial charge is 0.388 e. The first-order valence-corrected chi connectivity index (χ1v) is 7.75. The van der Waals surface area contributed by atoms with Crippen LogP contribution in [-0.4, -0.2) is 21.3 Å². The molecule has 0 aromatic heterocycles. The standard InChI is InChI=1S/C16H20NO2P/c1-17-15-12-8-7-11-14(15)16(20(18-2)19-3)13-9-5-4-6-10-13/h4-12,16-17H,1-3H3. The molecule has 1 unspecified atom stereocenters. The Morgan fingerprint density at radius 1 is 0.900 bits per heavy atom. The molecule has 106 valence electrons. The molecule has 2 rings (SSSR count). The highest BCUT2D eigenvalue weighted by molar-refractivity contribution is 7.48. The van der Waals surface area contributed by atoms with Crippen molar-refractivity contribution in [2.24, 2.45) is 0 Å². The molecular formula is C16H20NO2P. The van der Waals surface area contributed by atoms with Gasteiger partial charge < -0.3 is 14.4 Å². The van der Waals surface area contributed by atoms with E-state index in [1.165, 1.54) is 11.1 Å². The molecule has 0 aliphatic rings. The molecule has 2 aromatic carbocycles. The van der Waals surface area contributed by atoms with Crippen molar-refractivity contribution < 1.29 is 9.05 Å². The van der Waals surface area contributed by atoms with Gasteiger partial charge in [0, 0.05) is 27.0 Å². The van der Waals surface area contributed by atoms with E-state index in [-0.39, 0.29) is 5.66 Å². The first-order valence-electron chi connectivity index (χ1n) is 6.51. The van der Waals surface area contributed by atoms with Gasteiger partial charge in [-0.3, -0.25) is 0 Å². The lowest BCUT2D eigenvalue weighted by Crippen LogP contribution is -2.05. The highest BCUT2D eigenvalue weighted by atomic mass is 31.2. The number of benzene rings is 2. The number of rotatable bonds is 6. The van der Waals surface area contributed by atoms with E-state index in [0.717, 1.165) is 5.69 Å². The van der Waals surface area contributed by atoms with E-state index in [1.807, 2.05) is 37.4 Å². The summed E-state index contributed by atoms with van der Waals surface area (Å²) in [7, 11) is 4.30. The van der Waals surface area contributed by atoms with Gasteiger partial charge >= 0.3 is 0 Å². The van der Waals surface area contributed by atoms with Gasteiger partial charge in [-0.15, -0.1) is 0 Å². The van der Waals surface area contributed by atoms with Gasteiger partial charge in [-0.2, -0.15) is 0 Å². The zero-order chi connectivity index (χ0) is 14.4. The van der Waals surface area contributed by atoms with Crippen LogP contribution in [0.15, 0.2) is 54.6 Å². The molecule has 0 bridgehead atoms. The highest BCUT2D eigenvalue weighted by Gasteiger charge is 2.27. The van der Waals surface area contributed by atoms with Crippen LogP contribution in [0.1, 0.15) is 16.8 Å². The van der Waals surface area contributed by atoms with Crippen LogP contribution < -0.4 is 5.32 Å². The maximum absolute atomic E-state index is 5.58. The number of anilines is 1. The molecule has 0 amide bonds. The summed E-state index contributed by atoms with van der Waals surface area (Å²) < 4.78 is 11.2. The lowest BCUT2D eigenvalue weighted by atomic mass is 10.0. The van der Waals surface area contributed by atoms with Gasteiger partial charge in [0.1, 0.15) is 0 Å². The van der Waals surface area contributed by atoms with E-state index in [4.69, 9.17) is 9.05 Å². The Balaban J connectivity index is 2.51. The van der Waals surface area contributed by atoms with E-state index >= 15 is 0 Å². The summed E-state index contributed by atoms with van der Waals surface area (Å²) in [6.45, 7) is 0. The van der Waals surface area contributed by atoms with E-state index in [9.17, 15) is 0 Å². The number of hydrogen-bond donors (Lipinski definition) is 1. The van der Waals surface area contributed by atoms with Gasteiger partial charge in [-0.25, -0.2) is 0 Å². The molecule has 20 heavy (non-hydrogen) atoms. The topological polar surface area (TPSA) is 30.5 Å². The Kier molecular flexibility index (Phi) is 5.54. The van der Waals surface area contributed by atoms with Crippen molar-refractivity contribution in [3.05, 3.63) is 65.7 Å². The molecule has 0 fully saturated rings. The van der Waals surface area contributed by atoms with Crippen molar-refractivity contribution in [2.45, 2.75) is 5.66 Å². The summed E-state index contributed by atoms with van der Waals surface area (Å²) in [5.41, 5.74) is 3.58. The molecule has 0 heterocycles. The Bertz CT molecular complexity index is 529. The third kappa shape index (κ3) is 3.18. The van der Waals surface area contributed by atoms with E-state index in [2.05, 4.69) is 29.6 Å². The van der Waals surface area contributed by atoms with Crippen LogP contribution in [0.5, 0.6) is 0 Å². The second kappa shape index (κ2) is 7.39. The van der Waals surface area contributed by atoms with Crippen LogP contribution in [0.3, 0.4) is 0 Å². The predicted molar refractivity (Wildman–Crippen MR) is 85.2 cm³/mol. The fraction of sp³-hybridized carbons (Fsp3) is 0.250. The lowest BCUT2D eigenvalue weighted by molar-refractivity contribution is 0.335. The maximum Gasteiger partial charge on any atom is 0.182 e. The second-order valence-electron chi connectivity index (χ2n) is 4.30. The van der Waals surface area contributed by atoms with Gasteiger partial charge in [-0.1, -0.05) is 48.5 Å². The van der Waals surface area contributed by atoms with Crippen molar-refractivity contribution in [3.8, 4) is 0 Å². The Labute approximate surface area is 121 Å². The molecule has 3 nitrogen and oxygen atoms in total. The average molecular weight is 289 g/mol. The van der Waals surface area contributed by atoms with Crippen LogP contribution in [0.2, 0.25) is 0 Å². The van der Waals surface area contributed by atoms with Crippen LogP contribution in [0.4, 0.5) is 5.69 Å². The van der Waals surface area contributed by atoms with E-state index in [0.29, 0.717) is 0 Å². The maximum atomic E-state index is 5.58. The van der Waals surface area contributed by atoms with Crippen molar-refractivity contribution >= 4 is 14.1 Å². The first kappa shape index (κ1) is 15.0. The molecule has 0 saturated carbocycles. The van der Waals surface area contributed by atoms with Gasteiger partial charge in [0.15, 0.2) is 8.38 Å². The van der Waals surface area contributed by atoms with Gasteiger partial charge in [0.05, 0.1) is 5.66 Å². The van der Waals surface area contributed by atoms with Crippen molar-refractivity contribution in [2.75, 3.05) is 26.6 Å². The van der Waals surface area contributed by atoms with Gasteiger partial charge in [0.2, 0.25) is 0 Å². The zero-order valence-electron chi connectivity index (χ0n) is 12.0. The summed E-state index contributed by atoms with van der Waals surface area (Å²) >= 11 is 0. The minimum absolute atomic E-state index is 0.0878. The SMILES string of the molecule is CNc1ccccc1C(c1ccccc1)P(OC)OC. The number of nitrogens with one attached hydrogen (secondary N) is 1. The predicted octanol–water partition coefficient (Wildman–Crippen LogP) is 4.42. The van der Waals surface area contributed by atoms with Crippen LogP contribution >= 0.6 is 8.38 Å². The molecule has 0 radical (unpaired) electrons. The minimum atomic E-state index is -1.03. The summed E-state index contributed by atoms with van der Waals surface area (Å²) in [6.07, 6.45) is 0. The van der Waals surface area contributed by atoms with Crippen LogP contribution in [0.25, 0.3) is 0 Å². The molecule has 4 heteroatoms.